The fourth-order valence-electron chi connectivity index (χ4n) is 6.17. The van der Waals surface area contributed by atoms with E-state index in [1.807, 2.05) is 74.5 Å². The van der Waals surface area contributed by atoms with Crippen LogP contribution in [0.15, 0.2) is 109 Å². The number of carbonyl (C=O) groups is 3. The first-order valence-corrected chi connectivity index (χ1v) is 16.8. The van der Waals surface area contributed by atoms with Gasteiger partial charge in [0.25, 0.3) is 5.56 Å². The van der Waals surface area contributed by atoms with Crippen LogP contribution in [0, 0.1) is 5.41 Å². The van der Waals surface area contributed by atoms with Crippen molar-refractivity contribution >= 4 is 29.6 Å². The minimum atomic E-state index is -0.857. The molecule has 264 valence electrons. The van der Waals surface area contributed by atoms with Gasteiger partial charge in [0, 0.05) is 24.1 Å². The standard InChI is InChI=1S/C39H42N6O6/c1-4-21-44(38(49)51-26-29-15-11-8-12-16-29)32-24-42-36-39(5-2,6-3)22-31(45(36)35(32)47)34(46)41-23-27-17-19-30(20-18-27)33(40)43-37(48)50-25-28-13-9-7-10-14-28/h4,7-20,24,31H,1,5-6,21-23,25-26H2,2-3H3,(H,41,46)(H2,40,43,48). The van der Waals surface area contributed by atoms with Gasteiger partial charge in [-0.25, -0.2) is 14.6 Å². The van der Waals surface area contributed by atoms with Gasteiger partial charge in [-0.1, -0.05) is 105 Å². The van der Waals surface area contributed by atoms with Gasteiger partial charge in [0.1, 0.15) is 36.6 Å². The Bertz CT molecular complexity index is 1920. The third-order valence-electron chi connectivity index (χ3n) is 9.18. The molecule has 1 atom stereocenters. The summed E-state index contributed by atoms with van der Waals surface area (Å²) < 4.78 is 12.1. The predicted octanol–water partition coefficient (Wildman–Crippen LogP) is 6.14. The first-order chi connectivity index (χ1) is 24.7. The summed E-state index contributed by atoms with van der Waals surface area (Å²) in [6.07, 6.45) is 3.11. The highest BCUT2D eigenvalue weighted by atomic mass is 16.6. The van der Waals surface area contributed by atoms with Crippen molar-refractivity contribution in [2.24, 2.45) is 0 Å². The Morgan fingerprint density at radius 3 is 2.14 bits per heavy atom. The van der Waals surface area contributed by atoms with E-state index in [2.05, 4.69) is 22.2 Å². The summed E-state index contributed by atoms with van der Waals surface area (Å²) in [5.74, 6) is 0.0247. The Morgan fingerprint density at radius 2 is 1.55 bits per heavy atom. The van der Waals surface area contributed by atoms with Crippen molar-refractivity contribution < 1.29 is 23.9 Å². The summed E-state index contributed by atoms with van der Waals surface area (Å²) in [6.45, 7) is 8.03. The lowest BCUT2D eigenvalue weighted by atomic mass is 9.79. The smallest absolute Gasteiger partial charge is 0.415 e. The van der Waals surface area contributed by atoms with E-state index in [0.29, 0.717) is 30.7 Å². The van der Waals surface area contributed by atoms with Crippen LogP contribution >= 0.6 is 0 Å². The fourth-order valence-corrected chi connectivity index (χ4v) is 6.17. The van der Waals surface area contributed by atoms with Crippen molar-refractivity contribution in [2.75, 3.05) is 11.4 Å². The molecule has 3 amide bonds. The molecule has 0 aliphatic carbocycles. The maximum atomic E-state index is 14.2. The molecule has 0 saturated heterocycles. The number of hydrogen-bond donors (Lipinski definition) is 3. The molecule has 51 heavy (non-hydrogen) atoms. The van der Waals surface area contributed by atoms with E-state index in [0.717, 1.165) is 16.7 Å². The highest BCUT2D eigenvalue weighted by molar-refractivity contribution is 6.04. The number of anilines is 1. The number of nitrogens with one attached hydrogen (secondary N) is 3. The molecule has 2 heterocycles. The number of amides is 3. The lowest BCUT2D eigenvalue weighted by molar-refractivity contribution is -0.124. The van der Waals surface area contributed by atoms with Gasteiger partial charge in [0.2, 0.25) is 5.91 Å². The van der Waals surface area contributed by atoms with E-state index < -0.39 is 29.2 Å². The Balaban J connectivity index is 1.27. The highest BCUT2D eigenvalue weighted by Gasteiger charge is 2.47. The van der Waals surface area contributed by atoms with E-state index in [-0.39, 0.29) is 43.7 Å². The SMILES string of the molecule is C=CCN(C(=O)OCc1ccccc1)c1cnc2n(c1=O)C(C(=O)NCc1ccc(C(=N)NC(=O)OCc3ccccc3)cc1)CC2(CC)CC. The number of fused-ring (bicyclic) bond motifs is 1. The molecule has 12 heteroatoms. The molecule has 3 N–H and O–H groups in total. The van der Waals surface area contributed by atoms with E-state index in [1.54, 1.807) is 24.3 Å². The van der Waals surface area contributed by atoms with Crippen LogP contribution in [0.25, 0.3) is 0 Å². The molecular weight excluding hydrogens is 648 g/mol. The Labute approximate surface area is 296 Å². The Hall–Kier alpha value is -6.04. The summed E-state index contributed by atoms with van der Waals surface area (Å²) in [5, 5.41) is 13.6. The van der Waals surface area contributed by atoms with Gasteiger partial charge in [0.15, 0.2) is 0 Å². The number of amidine groups is 1. The quantitative estimate of drug-likeness (QED) is 0.0864. The van der Waals surface area contributed by atoms with Crippen LogP contribution in [-0.4, -0.2) is 40.0 Å². The Morgan fingerprint density at radius 1 is 0.941 bits per heavy atom. The average molecular weight is 691 g/mol. The zero-order valence-electron chi connectivity index (χ0n) is 28.8. The molecule has 1 aliphatic heterocycles. The molecule has 1 aromatic heterocycles. The number of alkyl carbamates (subject to hydrolysis) is 1. The minimum Gasteiger partial charge on any atom is -0.444 e. The summed E-state index contributed by atoms with van der Waals surface area (Å²) in [5.41, 5.74) is 1.81. The van der Waals surface area contributed by atoms with Gasteiger partial charge < -0.3 is 14.8 Å². The van der Waals surface area contributed by atoms with E-state index in [9.17, 15) is 19.2 Å². The van der Waals surface area contributed by atoms with Gasteiger partial charge in [-0.3, -0.25) is 29.8 Å². The van der Waals surface area contributed by atoms with Gasteiger partial charge in [-0.2, -0.15) is 0 Å². The lowest BCUT2D eigenvalue weighted by Gasteiger charge is -2.25. The summed E-state index contributed by atoms with van der Waals surface area (Å²) in [4.78, 5) is 59.3. The Kier molecular flexibility index (Phi) is 11.8. The zero-order chi connectivity index (χ0) is 36.4. The molecule has 0 spiro atoms. The van der Waals surface area contributed by atoms with Crippen LogP contribution in [0.1, 0.15) is 67.2 Å². The van der Waals surface area contributed by atoms with Gasteiger partial charge in [-0.05, 0) is 36.0 Å². The van der Waals surface area contributed by atoms with Crippen LogP contribution in [0.4, 0.5) is 15.3 Å². The number of benzene rings is 3. The van der Waals surface area contributed by atoms with Crippen LogP contribution in [0.2, 0.25) is 0 Å². The number of ether oxygens (including phenoxy) is 2. The molecular formula is C39H42N6O6. The molecule has 1 aliphatic rings. The number of nitrogens with zero attached hydrogens (tertiary/aromatic N) is 3. The fraction of sp³-hybridized carbons (Fsp3) is 0.282. The number of carbonyl (C=O) groups excluding carboxylic acids is 3. The second kappa shape index (κ2) is 16.6. The van der Waals surface area contributed by atoms with Crippen molar-refractivity contribution in [3.05, 3.63) is 142 Å². The largest absolute Gasteiger partial charge is 0.444 e. The number of aromatic nitrogens is 2. The van der Waals surface area contributed by atoms with Crippen molar-refractivity contribution in [1.82, 2.24) is 20.2 Å². The van der Waals surface area contributed by atoms with Crippen LogP contribution in [0.5, 0.6) is 0 Å². The average Bonchev–Trinajstić information content (AvgIpc) is 3.51. The van der Waals surface area contributed by atoms with Crippen LogP contribution < -0.4 is 21.1 Å². The van der Waals surface area contributed by atoms with Crippen LogP contribution in [-0.2, 0) is 39.4 Å². The van der Waals surface area contributed by atoms with Gasteiger partial charge in [-0.15, -0.1) is 6.58 Å². The molecule has 0 bridgehead atoms. The monoisotopic (exact) mass is 690 g/mol. The van der Waals surface area contributed by atoms with E-state index >= 15 is 0 Å². The highest BCUT2D eigenvalue weighted by Crippen LogP contribution is 2.44. The van der Waals surface area contributed by atoms with Crippen LogP contribution in [0.3, 0.4) is 0 Å². The van der Waals surface area contributed by atoms with Crippen molar-refractivity contribution in [3.63, 3.8) is 0 Å². The van der Waals surface area contributed by atoms with Crippen molar-refractivity contribution in [2.45, 2.75) is 64.3 Å². The summed E-state index contributed by atoms with van der Waals surface area (Å²) in [7, 11) is 0. The first kappa shape index (κ1) is 36.2. The molecule has 1 unspecified atom stereocenters. The van der Waals surface area contributed by atoms with E-state index in [4.69, 9.17) is 14.9 Å². The number of hydrogen-bond acceptors (Lipinski definition) is 8. The lowest BCUT2D eigenvalue weighted by Crippen LogP contribution is -2.41. The predicted molar refractivity (Wildman–Crippen MR) is 193 cm³/mol. The van der Waals surface area contributed by atoms with Crippen molar-refractivity contribution in [3.8, 4) is 0 Å². The third kappa shape index (κ3) is 8.41. The minimum absolute atomic E-state index is 0.00526. The molecule has 0 radical (unpaired) electrons. The second-order valence-electron chi connectivity index (χ2n) is 12.3. The molecule has 4 aromatic rings. The molecule has 5 rings (SSSR count). The summed E-state index contributed by atoms with van der Waals surface area (Å²) in [6, 6.07) is 24.4. The number of rotatable bonds is 13. The maximum Gasteiger partial charge on any atom is 0.415 e. The normalized spacial score (nSPS) is 14.1. The van der Waals surface area contributed by atoms with Gasteiger partial charge >= 0.3 is 12.2 Å². The zero-order valence-corrected chi connectivity index (χ0v) is 28.8. The topological polar surface area (TPSA) is 156 Å². The first-order valence-electron chi connectivity index (χ1n) is 16.8. The molecule has 12 nitrogen and oxygen atoms in total. The third-order valence-corrected chi connectivity index (χ3v) is 9.18. The molecule has 3 aromatic carbocycles. The molecule has 0 saturated carbocycles. The second-order valence-corrected chi connectivity index (χ2v) is 12.3. The van der Waals surface area contributed by atoms with Crippen molar-refractivity contribution in [1.29, 1.82) is 5.41 Å². The van der Waals surface area contributed by atoms with E-state index in [1.165, 1.54) is 21.7 Å². The maximum absolute atomic E-state index is 14.2. The molecule has 0 fully saturated rings. The van der Waals surface area contributed by atoms with Gasteiger partial charge in [0.05, 0.1) is 6.20 Å². The summed E-state index contributed by atoms with van der Waals surface area (Å²) >= 11 is 0.